The molecule has 1 aromatic carbocycles. The Morgan fingerprint density at radius 2 is 2.23 bits per heavy atom. The van der Waals surface area contributed by atoms with Gasteiger partial charge in [0.05, 0.1) is 6.61 Å². The lowest BCUT2D eigenvalue weighted by atomic mass is 10.1. The van der Waals surface area contributed by atoms with Crippen LogP contribution in [0.2, 0.25) is 0 Å². The van der Waals surface area contributed by atoms with E-state index in [1.54, 1.807) is 12.1 Å². The standard InChI is InChI=1S/C9H11NO3/c1-6-3-2-4-8(7(6)5-11)10-9(12)13/h2-4,10-11H,5H2,1H3,(H,12,13). The Kier molecular flexibility index (Phi) is 2.87. The van der Waals surface area contributed by atoms with Gasteiger partial charge in [0.15, 0.2) is 0 Å². The first-order valence-electron chi connectivity index (χ1n) is 3.84. The highest BCUT2D eigenvalue weighted by atomic mass is 16.4. The van der Waals surface area contributed by atoms with Crippen molar-refractivity contribution < 1.29 is 15.0 Å². The van der Waals surface area contributed by atoms with Crippen LogP contribution in [0.4, 0.5) is 10.5 Å². The van der Waals surface area contributed by atoms with Crippen molar-refractivity contribution in [3.05, 3.63) is 29.3 Å². The van der Waals surface area contributed by atoms with Crippen LogP contribution in [0.5, 0.6) is 0 Å². The molecule has 70 valence electrons. The average Bonchev–Trinajstić information content (AvgIpc) is 2.03. The molecular weight excluding hydrogens is 170 g/mol. The summed E-state index contributed by atoms with van der Waals surface area (Å²) in [5, 5.41) is 19.7. The average molecular weight is 181 g/mol. The molecule has 0 atom stereocenters. The van der Waals surface area contributed by atoms with E-state index in [1.807, 2.05) is 13.0 Å². The van der Waals surface area contributed by atoms with Gasteiger partial charge in [0.2, 0.25) is 0 Å². The minimum absolute atomic E-state index is 0.164. The molecule has 0 aliphatic carbocycles. The van der Waals surface area contributed by atoms with E-state index in [0.29, 0.717) is 11.3 Å². The zero-order valence-electron chi connectivity index (χ0n) is 7.24. The number of carboxylic acid groups (broad SMARTS) is 1. The van der Waals surface area contributed by atoms with Crippen molar-refractivity contribution in [1.82, 2.24) is 0 Å². The third kappa shape index (κ3) is 2.19. The van der Waals surface area contributed by atoms with Gasteiger partial charge in [-0.15, -0.1) is 0 Å². The van der Waals surface area contributed by atoms with Crippen molar-refractivity contribution in [2.75, 3.05) is 5.32 Å². The summed E-state index contributed by atoms with van der Waals surface area (Å²) in [4.78, 5) is 10.4. The smallest absolute Gasteiger partial charge is 0.409 e. The fraction of sp³-hybridized carbons (Fsp3) is 0.222. The molecule has 3 N–H and O–H groups in total. The number of hydrogen-bond donors (Lipinski definition) is 3. The lowest BCUT2D eigenvalue weighted by Gasteiger charge is -2.08. The van der Waals surface area contributed by atoms with Crippen LogP contribution in [0.1, 0.15) is 11.1 Å². The van der Waals surface area contributed by atoms with Gasteiger partial charge in [0.1, 0.15) is 0 Å². The molecule has 0 aliphatic rings. The van der Waals surface area contributed by atoms with Gasteiger partial charge in [-0.25, -0.2) is 4.79 Å². The summed E-state index contributed by atoms with van der Waals surface area (Å²) in [6.45, 7) is 1.65. The first kappa shape index (κ1) is 9.54. The number of aliphatic hydroxyl groups is 1. The largest absolute Gasteiger partial charge is 0.465 e. The van der Waals surface area contributed by atoms with Gasteiger partial charge >= 0.3 is 6.09 Å². The summed E-state index contributed by atoms with van der Waals surface area (Å²) in [5.41, 5.74) is 1.92. The number of nitrogens with one attached hydrogen (secondary N) is 1. The van der Waals surface area contributed by atoms with Crippen molar-refractivity contribution in [1.29, 1.82) is 0 Å². The maximum atomic E-state index is 10.4. The van der Waals surface area contributed by atoms with Crippen LogP contribution < -0.4 is 5.32 Å². The molecular formula is C9H11NO3. The topological polar surface area (TPSA) is 69.6 Å². The molecule has 0 spiro atoms. The third-order valence-corrected chi connectivity index (χ3v) is 1.81. The molecule has 4 nitrogen and oxygen atoms in total. The molecule has 0 heterocycles. The Bertz CT molecular complexity index is 323. The normalized spacial score (nSPS) is 9.69. The first-order chi connectivity index (χ1) is 6.15. The van der Waals surface area contributed by atoms with Crippen molar-refractivity contribution in [3.8, 4) is 0 Å². The molecule has 1 amide bonds. The predicted octanol–water partition coefficient (Wildman–Crippen LogP) is 1.58. The van der Waals surface area contributed by atoms with Crippen LogP contribution in [-0.2, 0) is 6.61 Å². The molecule has 0 bridgehead atoms. The molecule has 0 radical (unpaired) electrons. The third-order valence-electron chi connectivity index (χ3n) is 1.81. The van der Waals surface area contributed by atoms with Gasteiger partial charge in [-0.05, 0) is 18.6 Å². The summed E-state index contributed by atoms with van der Waals surface area (Å²) in [6, 6.07) is 5.17. The molecule has 0 unspecified atom stereocenters. The lowest BCUT2D eigenvalue weighted by molar-refractivity contribution is 0.209. The van der Waals surface area contributed by atoms with E-state index < -0.39 is 6.09 Å². The van der Waals surface area contributed by atoms with Gasteiger partial charge in [0, 0.05) is 11.3 Å². The van der Waals surface area contributed by atoms with E-state index in [1.165, 1.54) is 0 Å². The zero-order chi connectivity index (χ0) is 9.84. The summed E-state index contributed by atoms with van der Waals surface area (Å²) >= 11 is 0. The number of aliphatic hydroxyl groups excluding tert-OH is 1. The Hall–Kier alpha value is -1.55. The second kappa shape index (κ2) is 3.91. The van der Waals surface area contributed by atoms with Crippen LogP contribution in [0.3, 0.4) is 0 Å². The van der Waals surface area contributed by atoms with Crippen molar-refractivity contribution in [2.24, 2.45) is 0 Å². The maximum Gasteiger partial charge on any atom is 0.409 e. The molecule has 1 rings (SSSR count). The first-order valence-corrected chi connectivity index (χ1v) is 3.84. The summed E-state index contributed by atoms with van der Waals surface area (Å²) in [7, 11) is 0. The van der Waals surface area contributed by atoms with E-state index in [2.05, 4.69) is 5.32 Å². The number of anilines is 1. The van der Waals surface area contributed by atoms with E-state index in [4.69, 9.17) is 10.2 Å². The quantitative estimate of drug-likeness (QED) is 0.648. The minimum Gasteiger partial charge on any atom is -0.465 e. The Morgan fingerprint density at radius 3 is 2.77 bits per heavy atom. The molecule has 0 aromatic heterocycles. The van der Waals surface area contributed by atoms with Gasteiger partial charge in [-0.1, -0.05) is 12.1 Å². The van der Waals surface area contributed by atoms with Crippen LogP contribution >= 0.6 is 0 Å². The second-order valence-corrected chi connectivity index (χ2v) is 2.69. The van der Waals surface area contributed by atoms with Crippen LogP contribution in [-0.4, -0.2) is 16.3 Å². The number of rotatable bonds is 2. The number of amides is 1. The molecule has 0 fully saturated rings. The molecule has 13 heavy (non-hydrogen) atoms. The SMILES string of the molecule is Cc1cccc(NC(=O)O)c1CO. The van der Waals surface area contributed by atoms with Crippen LogP contribution in [0, 0.1) is 6.92 Å². The van der Waals surface area contributed by atoms with Crippen molar-refractivity contribution in [3.63, 3.8) is 0 Å². The predicted molar refractivity (Wildman–Crippen MR) is 48.7 cm³/mol. The molecule has 4 heteroatoms. The van der Waals surface area contributed by atoms with Crippen LogP contribution in [0.15, 0.2) is 18.2 Å². The molecule has 0 saturated carbocycles. The number of benzene rings is 1. The Labute approximate surface area is 75.8 Å². The van der Waals surface area contributed by atoms with Crippen molar-refractivity contribution >= 4 is 11.8 Å². The summed E-state index contributed by atoms with van der Waals surface area (Å²) < 4.78 is 0. The van der Waals surface area contributed by atoms with Gasteiger partial charge in [-0.2, -0.15) is 0 Å². The number of hydrogen-bond acceptors (Lipinski definition) is 2. The molecule has 0 aliphatic heterocycles. The molecule has 1 aromatic rings. The summed E-state index contributed by atoms with van der Waals surface area (Å²) in [6.07, 6.45) is -1.12. The fourth-order valence-corrected chi connectivity index (χ4v) is 1.14. The Balaban J connectivity index is 3.05. The van der Waals surface area contributed by atoms with Gasteiger partial charge < -0.3 is 10.2 Å². The van der Waals surface area contributed by atoms with E-state index in [0.717, 1.165) is 5.56 Å². The minimum atomic E-state index is -1.12. The number of carbonyl (C=O) groups is 1. The summed E-state index contributed by atoms with van der Waals surface area (Å²) in [5.74, 6) is 0. The monoisotopic (exact) mass is 181 g/mol. The zero-order valence-corrected chi connectivity index (χ0v) is 7.24. The lowest BCUT2D eigenvalue weighted by Crippen LogP contribution is -2.10. The fourth-order valence-electron chi connectivity index (χ4n) is 1.14. The van der Waals surface area contributed by atoms with Gasteiger partial charge in [0.25, 0.3) is 0 Å². The van der Waals surface area contributed by atoms with E-state index >= 15 is 0 Å². The highest BCUT2D eigenvalue weighted by Crippen LogP contribution is 2.18. The highest BCUT2D eigenvalue weighted by molar-refractivity contribution is 5.84. The molecule has 0 saturated heterocycles. The van der Waals surface area contributed by atoms with Crippen molar-refractivity contribution in [2.45, 2.75) is 13.5 Å². The Morgan fingerprint density at radius 1 is 1.54 bits per heavy atom. The van der Waals surface area contributed by atoms with Crippen LogP contribution in [0.25, 0.3) is 0 Å². The van der Waals surface area contributed by atoms with E-state index in [-0.39, 0.29) is 6.61 Å². The second-order valence-electron chi connectivity index (χ2n) is 2.69. The highest BCUT2D eigenvalue weighted by Gasteiger charge is 2.05. The van der Waals surface area contributed by atoms with Gasteiger partial charge in [-0.3, -0.25) is 5.32 Å². The number of aryl methyl sites for hydroxylation is 1. The maximum absolute atomic E-state index is 10.4. The van der Waals surface area contributed by atoms with E-state index in [9.17, 15) is 4.79 Å².